The first-order valence-electron chi connectivity index (χ1n) is 7.86. The van der Waals surface area contributed by atoms with Gasteiger partial charge in [-0.25, -0.2) is 0 Å². The van der Waals surface area contributed by atoms with E-state index in [4.69, 9.17) is 0 Å². The second-order valence-electron chi connectivity index (χ2n) is 6.37. The van der Waals surface area contributed by atoms with Gasteiger partial charge in [-0.15, -0.1) is 0 Å². The molecule has 0 bridgehead atoms. The number of hydrogen-bond donors (Lipinski definition) is 2. The van der Waals surface area contributed by atoms with Gasteiger partial charge in [0.1, 0.15) is 5.75 Å². The highest BCUT2D eigenvalue weighted by Crippen LogP contribution is 2.36. The number of aromatic hydroxyl groups is 1. The highest BCUT2D eigenvalue weighted by atomic mass is 16.3. The van der Waals surface area contributed by atoms with Crippen LogP contribution in [0.3, 0.4) is 0 Å². The number of benzene rings is 1. The second-order valence-corrected chi connectivity index (χ2v) is 6.37. The Hall–Kier alpha value is -1.55. The number of hydrogen-bond acceptors (Lipinski definition) is 3. The van der Waals surface area contributed by atoms with Crippen LogP contribution < -0.4 is 0 Å². The fourth-order valence-electron chi connectivity index (χ4n) is 3.82. The Kier molecular flexibility index (Phi) is 3.89. The molecule has 0 radical (unpaired) electrons. The zero-order valence-electron chi connectivity index (χ0n) is 12.5. The van der Waals surface area contributed by atoms with Crippen molar-refractivity contribution in [2.75, 3.05) is 6.54 Å². The van der Waals surface area contributed by atoms with Crippen molar-refractivity contribution < 1.29 is 15.0 Å². The molecule has 1 heterocycles. The molecule has 0 spiro atoms. The molecule has 2 N–H and O–H groups in total. The van der Waals surface area contributed by atoms with Crippen LogP contribution in [-0.2, 0) is 0 Å². The molecule has 3 unspecified atom stereocenters. The average molecular weight is 289 g/mol. The maximum absolute atomic E-state index is 12.7. The van der Waals surface area contributed by atoms with Crippen LogP contribution in [0.1, 0.15) is 48.0 Å². The number of nitrogens with zero attached hydrogens (tertiary/aromatic N) is 1. The monoisotopic (exact) mass is 289 g/mol. The quantitative estimate of drug-likeness (QED) is 0.879. The van der Waals surface area contributed by atoms with Gasteiger partial charge in [0.05, 0.1) is 6.10 Å². The number of carbonyl (C=O) groups is 1. The molecule has 1 aromatic rings. The van der Waals surface area contributed by atoms with Gasteiger partial charge in [-0.3, -0.25) is 4.79 Å². The Morgan fingerprint density at radius 3 is 2.71 bits per heavy atom. The summed E-state index contributed by atoms with van der Waals surface area (Å²) >= 11 is 0. The molecular weight excluding hydrogens is 266 g/mol. The number of aryl methyl sites for hydroxylation is 1. The van der Waals surface area contributed by atoms with Crippen molar-refractivity contribution in [1.82, 2.24) is 4.90 Å². The highest BCUT2D eigenvalue weighted by Gasteiger charge is 2.40. The second kappa shape index (κ2) is 5.68. The smallest absolute Gasteiger partial charge is 0.254 e. The van der Waals surface area contributed by atoms with Gasteiger partial charge in [-0.05, 0) is 50.3 Å². The highest BCUT2D eigenvalue weighted by molar-refractivity contribution is 5.95. The molecule has 3 atom stereocenters. The minimum absolute atomic E-state index is 0.0214. The minimum atomic E-state index is -0.269. The van der Waals surface area contributed by atoms with E-state index in [1.165, 1.54) is 0 Å². The van der Waals surface area contributed by atoms with Gasteiger partial charge >= 0.3 is 0 Å². The van der Waals surface area contributed by atoms with Gasteiger partial charge in [-0.1, -0.05) is 12.5 Å². The van der Waals surface area contributed by atoms with Crippen LogP contribution in [0.5, 0.6) is 5.75 Å². The predicted molar refractivity (Wildman–Crippen MR) is 80.3 cm³/mol. The van der Waals surface area contributed by atoms with E-state index in [9.17, 15) is 15.0 Å². The number of phenols is 1. The molecule has 2 aliphatic rings. The first-order valence-corrected chi connectivity index (χ1v) is 7.86. The molecule has 1 saturated heterocycles. The van der Waals surface area contributed by atoms with Crippen LogP contribution in [0.25, 0.3) is 0 Å². The lowest BCUT2D eigenvalue weighted by atomic mass is 9.93. The van der Waals surface area contributed by atoms with E-state index in [0.717, 1.165) is 44.2 Å². The van der Waals surface area contributed by atoms with Crippen molar-refractivity contribution in [1.29, 1.82) is 0 Å². The topological polar surface area (TPSA) is 60.8 Å². The molecule has 1 aliphatic carbocycles. The zero-order chi connectivity index (χ0) is 15.0. The van der Waals surface area contributed by atoms with Gasteiger partial charge in [-0.2, -0.15) is 0 Å². The van der Waals surface area contributed by atoms with E-state index in [1.54, 1.807) is 18.2 Å². The third kappa shape index (κ3) is 2.64. The average Bonchev–Trinajstić information content (AvgIpc) is 3.09. The summed E-state index contributed by atoms with van der Waals surface area (Å²) in [5.74, 6) is 0.361. The maximum Gasteiger partial charge on any atom is 0.254 e. The molecule has 21 heavy (non-hydrogen) atoms. The summed E-state index contributed by atoms with van der Waals surface area (Å²) in [6.45, 7) is 2.57. The van der Waals surface area contributed by atoms with Crippen LogP contribution in [0.2, 0.25) is 0 Å². The predicted octanol–water partition coefficient (Wildman–Crippen LogP) is 2.47. The normalized spacial score (nSPS) is 29.0. The molecule has 4 heteroatoms. The number of aliphatic hydroxyl groups excluding tert-OH is 1. The number of aliphatic hydroxyl groups is 1. The van der Waals surface area contributed by atoms with Crippen molar-refractivity contribution >= 4 is 5.91 Å². The Bertz CT molecular complexity index is 543. The number of rotatable bonds is 2. The van der Waals surface area contributed by atoms with E-state index in [2.05, 4.69) is 0 Å². The third-order valence-corrected chi connectivity index (χ3v) is 5.04. The SMILES string of the molecule is Cc1ccc(C(=O)N2CCCC2C2CCCC2O)cc1O. The standard InChI is InChI=1S/C17H23NO3/c1-11-7-8-12(10-16(11)20)17(21)18-9-3-5-14(18)13-4-2-6-15(13)19/h7-8,10,13-15,19-20H,2-6,9H2,1H3. The summed E-state index contributed by atoms with van der Waals surface area (Å²) < 4.78 is 0. The van der Waals surface area contributed by atoms with Gasteiger partial charge in [0, 0.05) is 24.1 Å². The number of phenolic OH excluding ortho intramolecular Hbond substituents is 1. The van der Waals surface area contributed by atoms with E-state index < -0.39 is 0 Å². The van der Waals surface area contributed by atoms with Crippen molar-refractivity contribution in [2.45, 2.75) is 51.2 Å². The summed E-state index contributed by atoms with van der Waals surface area (Å²) in [6, 6.07) is 5.26. The van der Waals surface area contributed by atoms with E-state index in [1.807, 2.05) is 11.8 Å². The molecule has 1 aromatic carbocycles. The largest absolute Gasteiger partial charge is 0.508 e. The zero-order valence-corrected chi connectivity index (χ0v) is 12.5. The molecule has 1 aliphatic heterocycles. The molecule has 4 nitrogen and oxygen atoms in total. The van der Waals surface area contributed by atoms with Crippen LogP contribution in [0, 0.1) is 12.8 Å². The summed E-state index contributed by atoms with van der Waals surface area (Å²) in [5.41, 5.74) is 1.31. The van der Waals surface area contributed by atoms with Crippen LogP contribution in [0.15, 0.2) is 18.2 Å². The fourth-order valence-corrected chi connectivity index (χ4v) is 3.82. The van der Waals surface area contributed by atoms with E-state index in [0.29, 0.717) is 5.56 Å². The maximum atomic E-state index is 12.7. The van der Waals surface area contributed by atoms with Crippen molar-refractivity contribution in [2.24, 2.45) is 5.92 Å². The van der Waals surface area contributed by atoms with E-state index >= 15 is 0 Å². The first-order chi connectivity index (χ1) is 10.1. The summed E-state index contributed by atoms with van der Waals surface area (Å²) in [6.07, 6.45) is 4.62. The number of amides is 1. The summed E-state index contributed by atoms with van der Waals surface area (Å²) in [4.78, 5) is 14.6. The van der Waals surface area contributed by atoms with Gasteiger partial charge in [0.2, 0.25) is 0 Å². The van der Waals surface area contributed by atoms with Gasteiger partial charge in [0.15, 0.2) is 0 Å². The fraction of sp³-hybridized carbons (Fsp3) is 0.588. The summed E-state index contributed by atoms with van der Waals surface area (Å²) in [7, 11) is 0. The van der Waals surface area contributed by atoms with Gasteiger partial charge in [0.25, 0.3) is 5.91 Å². The molecular formula is C17H23NO3. The molecule has 0 aromatic heterocycles. The third-order valence-electron chi connectivity index (χ3n) is 5.04. The number of carbonyl (C=O) groups excluding carboxylic acids is 1. The number of likely N-dealkylation sites (tertiary alicyclic amines) is 1. The molecule has 3 rings (SSSR count). The summed E-state index contributed by atoms with van der Waals surface area (Å²) in [5, 5.41) is 19.9. The Morgan fingerprint density at radius 1 is 1.24 bits per heavy atom. The lowest BCUT2D eigenvalue weighted by Gasteiger charge is -2.31. The molecule has 1 saturated carbocycles. The molecule has 114 valence electrons. The minimum Gasteiger partial charge on any atom is -0.508 e. The van der Waals surface area contributed by atoms with Crippen LogP contribution in [-0.4, -0.2) is 39.7 Å². The lowest BCUT2D eigenvalue weighted by Crippen LogP contribution is -2.42. The Morgan fingerprint density at radius 2 is 2.05 bits per heavy atom. The molecule has 2 fully saturated rings. The molecule has 1 amide bonds. The lowest BCUT2D eigenvalue weighted by molar-refractivity contribution is 0.0527. The van der Waals surface area contributed by atoms with Crippen LogP contribution in [0.4, 0.5) is 0 Å². The Labute approximate surface area is 125 Å². The first kappa shape index (κ1) is 14.4. The van der Waals surface area contributed by atoms with Crippen LogP contribution >= 0.6 is 0 Å². The van der Waals surface area contributed by atoms with Gasteiger partial charge < -0.3 is 15.1 Å². The van der Waals surface area contributed by atoms with Crippen molar-refractivity contribution in [3.05, 3.63) is 29.3 Å². The van der Waals surface area contributed by atoms with Crippen molar-refractivity contribution in [3.8, 4) is 5.75 Å². The Balaban J connectivity index is 1.81. The van der Waals surface area contributed by atoms with E-state index in [-0.39, 0.29) is 29.7 Å². The van der Waals surface area contributed by atoms with Crippen molar-refractivity contribution in [3.63, 3.8) is 0 Å².